The van der Waals surface area contributed by atoms with Gasteiger partial charge in [-0.3, -0.25) is 9.59 Å². The summed E-state index contributed by atoms with van der Waals surface area (Å²) >= 11 is 0. The Kier molecular flexibility index (Phi) is 15.6. The van der Waals surface area contributed by atoms with Crippen molar-refractivity contribution >= 4 is 17.9 Å². The molecule has 0 unspecified atom stereocenters. The van der Waals surface area contributed by atoms with Crippen LogP contribution in [0, 0.1) is 17.8 Å². The van der Waals surface area contributed by atoms with Gasteiger partial charge in [0.15, 0.2) is 5.60 Å². The van der Waals surface area contributed by atoms with Gasteiger partial charge < -0.3 is 24.1 Å². The second kappa shape index (κ2) is 15.3. The van der Waals surface area contributed by atoms with Gasteiger partial charge in [0, 0.05) is 14.2 Å². The van der Waals surface area contributed by atoms with Gasteiger partial charge in [0.25, 0.3) is 0 Å². The van der Waals surface area contributed by atoms with Crippen molar-refractivity contribution in [3.63, 3.8) is 0 Å². The van der Waals surface area contributed by atoms with Crippen LogP contribution < -0.4 is 0 Å². The molecule has 0 rings (SSSR count). The van der Waals surface area contributed by atoms with Crippen LogP contribution in [-0.2, 0) is 33.3 Å². The molecule has 0 bridgehead atoms. The molecule has 0 heterocycles. The van der Waals surface area contributed by atoms with E-state index in [1.807, 2.05) is 41.5 Å². The normalized spacial score (nSPS) is 11.1. The molecule has 0 fully saturated rings. The maximum absolute atomic E-state index is 12.2. The molecular weight excluding hydrogens is 368 g/mol. The third-order valence-electron chi connectivity index (χ3n) is 2.96. The van der Waals surface area contributed by atoms with Gasteiger partial charge in [-0.05, 0) is 17.8 Å². The van der Waals surface area contributed by atoms with Crippen molar-refractivity contribution in [2.75, 3.05) is 34.0 Å². The van der Waals surface area contributed by atoms with E-state index in [2.05, 4.69) is 4.74 Å². The molecular formula is C20H38O8. The molecule has 0 saturated heterocycles. The van der Waals surface area contributed by atoms with Gasteiger partial charge in [0.05, 0.1) is 32.7 Å². The van der Waals surface area contributed by atoms with E-state index in [1.54, 1.807) is 14.2 Å². The predicted molar refractivity (Wildman–Crippen MR) is 105 cm³/mol. The fourth-order valence-electron chi connectivity index (χ4n) is 1.68. The molecule has 8 heteroatoms. The second-order valence-electron chi connectivity index (χ2n) is 7.94. The van der Waals surface area contributed by atoms with Crippen LogP contribution in [0.4, 0.5) is 0 Å². The zero-order valence-corrected chi connectivity index (χ0v) is 18.6. The van der Waals surface area contributed by atoms with Gasteiger partial charge in [-0.1, -0.05) is 41.5 Å². The van der Waals surface area contributed by atoms with Crippen molar-refractivity contribution in [3.05, 3.63) is 0 Å². The van der Waals surface area contributed by atoms with Gasteiger partial charge >= 0.3 is 17.9 Å². The first-order chi connectivity index (χ1) is 12.9. The lowest BCUT2D eigenvalue weighted by molar-refractivity contribution is -0.179. The van der Waals surface area contributed by atoms with E-state index in [0.29, 0.717) is 0 Å². The average molecular weight is 407 g/mol. The maximum Gasteiger partial charge on any atom is 0.339 e. The summed E-state index contributed by atoms with van der Waals surface area (Å²) in [5.41, 5.74) is -2.29. The molecule has 1 N–H and O–H groups in total. The van der Waals surface area contributed by atoms with E-state index in [-0.39, 0.29) is 37.6 Å². The largest absolute Gasteiger partial charge is 0.465 e. The molecule has 0 saturated carbocycles. The quantitative estimate of drug-likeness (QED) is 0.411. The Labute approximate surface area is 168 Å². The van der Waals surface area contributed by atoms with Crippen LogP contribution in [0.1, 0.15) is 54.4 Å². The molecule has 0 aromatic carbocycles. The number of rotatable bonds is 11. The molecule has 0 aliphatic rings. The Bertz CT molecular complexity index is 431. The number of methoxy groups -OCH3 is 1. The zero-order valence-electron chi connectivity index (χ0n) is 18.6. The Morgan fingerprint density at radius 2 is 1.00 bits per heavy atom. The van der Waals surface area contributed by atoms with E-state index in [1.165, 1.54) is 0 Å². The van der Waals surface area contributed by atoms with Crippen molar-refractivity contribution in [2.45, 2.75) is 60.0 Å². The molecule has 0 spiro atoms. The minimum Gasteiger partial charge on any atom is -0.465 e. The van der Waals surface area contributed by atoms with Crippen LogP contribution in [0.15, 0.2) is 0 Å². The highest BCUT2D eigenvalue weighted by Gasteiger charge is 2.43. The second-order valence-corrected chi connectivity index (χ2v) is 7.94. The van der Waals surface area contributed by atoms with E-state index >= 15 is 0 Å². The van der Waals surface area contributed by atoms with Crippen molar-refractivity contribution < 1.29 is 38.4 Å². The third-order valence-corrected chi connectivity index (χ3v) is 2.96. The fraction of sp³-hybridized carbons (Fsp3) is 0.850. The molecule has 0 atom stereocenters. The van der Waals surface area contributed by atoms with Gasteiger partial charge in [0.2, 0.25) is 0 Å². The van der Waals surface area contributed by atoms with Crippen LogP contribution in [-0.4, -0.2) is 62.7 Å². The fourth-order valence-corrected chi connectivity index (χ4v) is 1.68. The SMILES string of the molecule is CC(C)COC(=O)CC(O)(CC(=O)OCC(C)C)C(=O)OCC(C)C.COC. The summed E-state index contributed by atoms with van der Waals surface area (Å²) in [4.78, 5) is 36.1. The first-order valence-electron chi connectivity index (χ1n) is 9.48. The van der Waals surface area contributed by atoms with Gasteiger partial charge in [-0.2, -0.15) is 0 Å². The maximum atomic E-state index is 12.2. The Morgan fingerprint density at radius 3 is 1.29 bits per heavy atom. The third kappa shape index (κ3) is 15.4. The summed E-state index contributed by atoms with van der Waals surface area (Å²) in [7, 11) is 3.25. The molecule has 0 aliphatic carbocycles. The zero-order chi connectivity index (χ0) is 22.3. The van der Waals surface area contributed by atoms with Crippen LogP contribution in [0.2, 0.25) is 0 Å². The standard InChI is InChI=1S/C18H32O7.C2H6O/c1-12(2)9-23-15(19)7-18(22,17(21)25-11-14(5)6)8-16(20)24-10-13(3)4;1-3-2/h12-14,22H,7-11H2,1-6H3;1-2H3. The lowest BCUT2D eigenvalue weighted by Gasteiger charge is -2.25. The predicted octanol–water partition coefficient (Wildman–Crippen LogP) is 2.36. The number of ether oxygens (including phenoxy) is 4. The molecule has 0 aromatic rings. The highest BCUT2D eigenvalue weighted by Crippen LogP contribution is 2.21. The monoisotopic (exact) mass is 406 g/mol. The smallest absolute Gasteiger partial charge is 0.339 e. The summed E-state index contributed by atoms with van der Waals surface area (Å²) in [5.74, 6) is -2.29. The van der Waals surface area contributed by atoms with Crippen LogP contribution in [0.5, 0.6) is 0 Å². The number of esters is 3. The lowest BCUT2D eigenvalue weighted by atomic mass is 9.95. The molecule has 8 nitrogen and oxygen atoms in total. The molecule has 0 radical (unpaired) electrons. The number of aliphatic hydroxyl groups is 1. The van der Waals surface area contributed by atoms with Crippen LogP contribution >= 0.6 is 0 Å². The average Bonchev–Trinajstić information content (AvgIpc) is 2.56. The Balaban J connectivity index is 0. The Hall–Kier alpha value is -1.67. The first-order valence-corrected chi connectivity index (χ1v) is 9.48. The number of hydrogen-bond donors (Lipinski definition) is 1. The number of carbonyl (C=O) groups is 3. The van der Waals surface area contributed by atoms with Crippen LogP contribution in [0.3, 0.4) is 0 Å². The van der Waals surface area contributed by atoms with Crippen molar-refractivity contribution in [1.82, 2.24) is 0 Å². The van der Waals surface area contributed by atoms with Gasteiger partial charge in [0.1, 0.15) is 0 Å². The van der Waals surface area contributed by atoms with E-state index in [9.17, 15) is 19.5 Å². The van der Waals surface area contributed by atoms with Crippen LogP contribution in [0.25, 0.3) is 0 Å². The highest BCUT2D eigenvalue weighted by atomic mass is 16.6. The van der Waals surface area contributed by atoms with E-state index in [4.69, 9.17) is 14.2 Å². The topological polar surface area (TPSA) is 108 Å². The lowest BCUT2D eigenvalue weighted by Crippen LogP contribution is -2.45. The van der Waals surface area contributed by atoms with Gasteiger partial charge in [-0.15, -0.1) is 0 Å². The summed E-state index contributed by atoms with van der Waals surface area (Å²) in [6.07, 6.45) is -1.32. The summed E-state index contributed by atoms with van der Waals surface area (Å²) < 4.78 is 19.3. The summed E-state index contributed by atoms with van der Waals surface area (Å²) in [5, 5.41) is 10.6. The summed E-state index contributed by atoms with van der Waals surface area (Å²) in [6.45, 7) is 11.5. The summed E-state index contributed by atoms with van der Waals surface area (Å²) in [6, 6.07) is 0. The minimum absolute atomic E-state index is 0.0500. The Morgan fingerprint density at radius 1 is 0.714 bits per heavy atom. The van der Waals surface area contributed by atoms with Crippen molar-refractivity contribution in [1.29, 1.82) is 0 Å². The van der Waals surface area contributed by atoms with Crippen molar-refractivity contribution in [2.24, 2.45) is 17.8 Å². The first kappa shape index (κ1) is 28.5. The minimum atomic E-state index is -2.29. The molecule has 28 heavy (non-hydrogen) atoms. The molecule has 0 aliphatic heterocycles. The van der Waals surface area contributed by atoms with Crippen molar-refractivity contribution in [3.8, 4) is 0 Å². The number of carbonyl (C=O) groups excluding carboxylic acids is 3. The van der Waals surface area contributed by atoms with E-state index < -0.39 is 36.4 Å². The van der Waals surface area contributed by atoms with Gasteiger partial charge in [-0.25, -0.2) is 4.79 Å². The van der Waals surface area contributed by atoms with E-state index in [0.717, 1.165) is 0 Å². The highest BCUT2D eigenvalue weighted by molar-refractivity contribution is 5.90. The molecule has 0 amide bonds. The number of hydrogen-bond acceptors (Lipinski definition) is 8. The molecule has 166 valence electrons. The molecule has 0 aromatic heterocycles.